The maximum atomic E-state index is 13.4. The molecule has 0 aromatic heterocycles. The Balaban J connectivity index is 1.81. The number of rotatable bonds is 7. The van der Waals surface area contributed by atoms with Gasteiger partial charge in [-0.1, -0.05) is 66.7 Å². The van der Waals surface area contributed by atoms with Crippen molar-refractivity contribution in [3.8, 4) is 5.75 Å². The highest BCUT2D eigenvalue weighted by molar-refractivity contribution is 7.62. The second kappa shape index (κ2) is 8.13. The van der Waals surface area contributed by atoms with Gasteiger partial charge in [-0.15, -0.1) is 0 Å². The number of benzene rings is 3. The van der Waals surface area contributed by atoms with Crippen LogP contribution in [0.2, 0.25) is 0 Å². The summed E-state index contributed by atoms with van der Waals surface area (Å²) in [6.07, 6.45) is -0.891. The minimum atomic E-state index is -3.63. The van der Waals surface area contributed by atoms with Gasteiger partial charge < -0.3 is 9.63 Å². The monoisotopic (exact) mass is 354 g/mol. The van der Waals surface area contributed by atoms with Gasteiger partial charge in [-0.3, -0.25) is 4.52 Å². The highest BCUT2D eigenvalue weighted by Crippen LogP contribution is 2.47. The Hall–Kier alpha value is -2.39. The lowest BCUT2D eigenvalue weighted by Gasteiger charge is -2.21. The lowest BCUT2D eigenvalue weighted by Crippen LogP contribution is -2.15. The third kappa shape index (κ3) is 4.58. The molecule has 1 N–H and O–H groups in total. The third-order valence-corrected chi connectivity index (χ3v) is 5.50. The highest BCUT2D eigenvalue weighted by Gasteiger charge is 2.30. The zero-order chi connectivity index (χ0) is 17.5. The predicted molar refractivity (Wildman–Crippen MR) is 98.1 cm³/mol. The Kier molecular flexibility index (Phi) is 5.67. The maximum Gasteiger partial charge on any atom is 0.410 e. The summed E-state index contributed by atoms with van der Waals surface area (Å²) in [4.78, 5) is 0. The molecule has 5 heteroatoms. The van der Waals surface area contributed by atoms with E-state index in [0.29, 0.717) is 16.6 Å². The molecule has 0 aliphatic heterocycles. The molecular weight excluding hydrogens is 335 g/mol. The molecule has 3 rings (SSSR count). The van der Waals surface area contributed by atoms with E-state index in [0.717, 1.165) is 0 Å². The smallest absolute Gasteiger partial charge is 0.410 e. The van der Waals surface area contributed by atoms with Crippen molar-refractivity contribution in [3.05, 3.63) is 96.6 Å². The summed E-state index contributed by atoms with van der Waals surface area (Å²) in [6.45, 7) is -0.136. The van der Waals surface area contributed by atoms with E-state index in [4.69, 9.17) is 9.05 Å². The SMILES string of the molecule is O=P(OC[C@@H](O)c1ccccc1)(Oc1ccccc1)c1ccccc1. The van der Waals surface area contributed by atoms with Crippen molar-refractivity contribution in [2.24, 2.45) is 0 Å². The van der Waals surface area contributed by atoms with E-state index in [1.165, 1.54) is 0 Å². The molecule has 0 bridgehead atoms. The Morgan fingerprint density at radius 3 is 1.92 bits per heavy atom. The molecule has 128 valence electrons. The normalized spacial score (nSPS) is 14.4. The quantitative estimate of drug-likeness (QED) is 0.642. The Labute approximate surface area is 147 Å². The molecule has 3 aromatic carbocycles. The average Bonchev–Trinajstić information content (AvgIpc) is 2.68. The lowest BCUT2D eigenvalue weighted by molar-refractivity contribution is 0.103. The van der Waals surface area contributed by atoms with Crippen molar-refractivity contribution in [3.63, 3.8) is 0 Å². The first-order valence-electron chi connectivity index (χ1n) is 7.95. The standard InChI is InChI=1S/C20H19O4P/c21-20(17-10-4-1-5-11-17)16-23-25(22,19-14-8-3-9-15-19)24-18-12-6-2-7-13-18/h1-15,20-21H,16H2/t20-,25?/m1/s1. The van der Waals surface area contributed by atoms with E-state index in [1.54, 1.807) is 60.7 Å². The number of hydrogen-bond donors (Lipinski definition) is 1. The van der Waals surface area contributed by atoms with E-state index in [-0.39, 0.29) is 6.61 Å². The zero-order valence-corrected chi connectivity index (χ0v) is 14.5. The molecule has 2 atom stereocenters. The van der Waals surface area contributed by atoms with Crippen LogP contribution in [-0.2, 0) is 9.09 Å². The van der Waals surface area contributed by atoms with Gasteiger partial charge in [0.15, 0.2) is 0 Å². The summed E-state index contributed by atoms with van der Waals surface area (Å²) < 4.78 is 24.7. The minimum Gasteiger partial charge on any atom is -0.421 e. The molecule has 0 aliphatic carbocycles. The van der Waals surface area contributed by atoms with Gasteiger partial charge in [-0.25, -0.2) is 4.57 Å². The molecule has 0 fully saturated rings. The van der Waals surface area contributed by atoms with Gasteiger partial charge in [0.2, 0.25) is 0 Å². The van der Waals surface area contributed by atoms with Crippen LogP contribution in [0.15, 0.2) is 91.0 Å². The van der Waals surface area contributed by atoms with Gasteiger partial charge in [0.05, 0.1) is 11.9 Å². The van der Waals surface area contributed by atoms with Crippen LogP contribution >= 0.6 is 7.60 Å². The summed E-state index contributed by atoms with van der Waals surface area (Å²) in [5, 5.41) is 10.7. The lowest BCUT2D eigenvalue weighted by atomic mass is 10.1. The van der Waals surface area contributed by atoms with E-state index >= 15 is 0 Å². The topological polar surface area (TPSA) is 55.8 Å². The molecule has 1 unspecified atom stereocenters. The largest absolute Gasteiger partial charge is 0.421 e. The van der Waals surface area contributed by atoms with Gasteiger partial charge in [0.25, 0.3) is 0 Å². The molecule has 0 spiro atoms. The predicted octanol–water partition coefficient (Wildman–Crippen LogP) is 4.33. The van der Waals surface area contributed by atoms with Crippen LogP contribution in [0, 0.1) is 0 Å². The Morgan fingerprint density at radius 2 is 1.32 bits per heavy atom. The molecule has 0 aliphatic rings. The zero-order valence-electron chi connectivity index (χ0n) is 13.6. The fourth-order valence-electron chi connectivity index (χ4n) is 2.32. The van der Waals surface area contributed by atoms with Gasteiger partial charge in [0.1, 0.15) is 11.9 Å². The van der Waals surface area contributed by atoms with E-state index in [1.807, 2.05) is 30.3 Å². The third-order valence-electron chi connectivity index (χ3n) is 3.63. The first-order chi connectivity index (χ1) is 12.2. The molecule has 0 radical (unpaired) electrons. The van der Waals surface area contributed by atoms with Crippen molar-refractivity contribution in [1.82, 2.24) is 0 Å². The summed E-state index contributed by atoms with van der Waals surface area (Å²) in [5.41, 5.74) is 0.696. The van der Waals surface area contributed by atoms with Crippen LogP contribution in [-0.4, -0.2) is 11.7 Å². The van der Waals surface area contributed by atoms with Crippen LogP contribution in [0.3, 0.4) is 0 Å². The first-order valence-corrected chi connectivity index (χ1v) is 9.49. The highest BCUT2D eigenvalue weighted by atomic mass is 31.2. The second-order valence-corrected chi connectivity index (χ2v) is 7.41. The minimum absolute atomic E-state index is 0.136. The first kappa shape index (κ1) is 17.4. The van der Waals surface area contributed by atoms with Gasteiger partial charge in [0, 0.05) is 0 Å². The molecule has 0 saturated heterocycles. The summed E-state index contributed by atoms with van der Waals surface area (Å²) in [5.74, 6) is 0.448. The van der Waals surface area contributed by atoms with Gasteiger partial charge in [-0.05, 0) is 29.8 Å². The van der Waals surface area contributed by atoms with Crippen LogP contribution in [0.4, 0.5) is 0 Å². The molecule has 0 heterocycles. The van der Waals surface area contributed by atoms with Crippen molar-refractivity contribution < 1.29 is 18.7 Å². The van der Waals surface area contributed by atoms with Crippen molar-refractivity contribution in [2.45, 2.75) is 6.10 Å². The molecular formula is C20H19O4P. The average molecular weight is 354 g/mol. The number of hydrogen-bond acceptors (Lipinski definition) is 4. The summed E-state index contributed by atoms with van der Waals surface area (Å²) in [6, 6.07) is 26.7. The van der Waals surface area contributed by atoms with Crippen LogP contribution in [0.1, 0.15) is 11.7 Å². The van der Waals surface area contributed by atoms with Crippen molar-refractivity contribution in [2.75, 3.05) is 6.61 Å². The van der Waals surface area contributed by atoms with E-state index < -0.39 is 13.7 Å². The Bertz CT molecular complexity index is 822. The molecule has 0 saturated carbocycles. The number of aliphatic hydroxyl groups is 1. The fraction of sp³-hybridized carbons (Fsp3) is 0.100. The number of para-hydroxylation sites is 1. The molecule has 25 heavy (non-hydrogen) atoms. The van der Waals surface area contributed by atoms with Crippen LogP contribution in [0.5, 0.6) is 5.75 Å². The van der Waals surface area contributed by atoms with Gasteiger partial charge >= 0.3 is 7.60 Å². The van der Waals surface area contributed by atoms with Crippen molar-refractivity contribution >= 4 is 12.9 Å². The van der Waals surface area contributed by atoms with Gasteiger partial charge in [-0.2, -0.15) is 0 Å². The maximum absolute atomic E-state index is 13.4. The Morgan fingerprint density at radius 1 is 0.800 bits per heavy atom. The summed E-state index contributed by atoms with van der Waals surface area (Å²) in [7, 11) is -3.63. The summed E-state index contributed by atoms with van der Waals surface area (Å²) >= 11 is 0. The van der Waals surface area contributed by atoms with E-state index in [9.17, 15) is 9.67 Å². The van der Waals surface area contributed by atoms with Crippen LogP contribution in [0.25, 0.3) is 0 Å². The second-order valence-electron chi connectivity index (χ2n) is 5.46. The van der Waals surface area contributed by atoms with Crippen LogP contribution < -0.4 is 9.83 Å². The number of aliphatic hydroxyl groups excluding tert-OH is 1. The molecule has 0 amide bonds. The van der Waals surface area contributed by atoms with E-state index in [2.05, 4.69) is 0 Å². The molecule has 3 aromatic rings. The molecule has 4 nitrogen and oxygen atoms in total. The fourth-order valence-corrected chi connectivity index (χ4v) is 3.91. The van der Waals surface area contributed by atoms with Crippen molar-refractivity contribution in [1.29, 1.82) is 0 Å².